The largest absolute Gasteiger partial charge is 0.480 e. The van der Waals surface area contributed by atoms with Crippen molar-refractivity contribution in [3.05, 3.63) is 0 Å². The fourth-order valence-corrected chi connectivity index (χ4v) is 2.71. The number of hydrogen-bond donors (Lipinski definition) is 7. The average molecular weight is 446 g/mol. The van der Waals surface area contributed by atoms with Crippen LogP contribution in [0, 0.1) is 11.8 Å². The number of aliphatic carboxylic acids is 1. The summed E-state index contributed by atoms with van der Waals surface area (Å²) >= 11 is 0. The predicted octanol–water partition coefficient (Wildman–Crippen LogP) is -2.19. The van der Waals surface area contributed by atoms with Gasteiger partial charge in [-0.15, -0.1) is 0 Å². The van der Waals surface area contributed by atoms with E-state index in [2.05, 4.69) is 16.0 Å². The summed E-state index contributed by atoms with van der Waals surface area (Å²) in [7, 11) is 0. The number of carbonyl (C=O) groups excluding carboxylic acids is 4. The molecule has 0 fully saturated rings. The molecule has 0 spiro atoms. The first-order chi connectivity index (χ1) is 14.2. The summed E-state index contributed by atoms with van der Waals surface area (Å²) in [6.45, 7) is 8.14. The van der Waals surface area contributed by atoms with Gasteiger partial charge in [-0.3, -0.25) is 19.2 Å². The highest BCUT2D eigenvalue weighted by molar-refractivity contribution is 5.95. The Balaban J connectivity index is 5.43. The van der Waals surface area contributed by atoms with Crippen LogP contribution in [0.4, 0.5) is 0 Å². The highest BCUT2D eigenvalue weighted by atomic mass is 16.4. The first-order valence-electron chi connectivity index (χ1n) is 10.0. The normalized spacial score (nSPS) is 16.0. The number of nitrogens with two attached hydrogens (primary N) is 2. The van der Waals surface area contributed by atoms with E-state index < -0.39 is 72.2 Å². The van der Waals surface area contributed by atoms with Gasteiger partial charge in [-0.25, -0.2) is 4.79 Å². The minimum Gasteiger partial charge on any atom is -0.480 e. The molecule has 31 heavy (non-hydrogen) atoms. The molecule has 0 radical (unpaired) electrons. The van der Waals surface area contributed by atoms with Gasteiger partial charge in [0.2, 0.25) is 23.6 Å². The average Bonchev–Trinajstić information content (AvgIpc) is 2.61. The van der Waals surface area contributed by atoms with Gasteiger partial charge in [0.25, 0.3) is 0 Å². The van der Waals surface area contributed by atoms with Gasteiger partial charge in [-0.1, -0.05) is 27.7 Å². The number of carboxylic acids is 1. The molecule has 0 aliphatic heterocycles. The van der Waals surface area contributed by atoms with Crippen LogP contribution < -0.4 is 27.4 Å². The Morgan fingerprint density at radius 1 is 0.839 bits per heavy atom. The number of nitrogens with one attached hydrogen (secondary N) is 3. The fourth-order valence-electron chi connectivity index (χ4n) is 2.71. The SMILES string of the molecule is CC(C)CC(NC(=O)C(N)CC(N)=O)C(=O)NC(C(=O)NC(C(=O)O)C(C)O)C(C)C. The lowest BCUT2D eigenvalue weighted by Crippen LogP contribution is -2.59. The van der Waals surface area contributed by atoms with Gasteiger partial charge in [-0.05, 0) is 25.2 Å². The van der Waals surface area contributed by atoms with Gasteiger partial charge in [0.15, 0.2) is 6.04 Å². The van der Waals surface area contributed by atoms with Gasteiger partial charge < -0.3 is 37.6 Å². The Morgan fingerprint density at radius 3 is 1.74 bits per heavy atom. The zero-order chi connectivity index (χ0) is 24.5. The minimum atomic E-state index is -1.55. The lowest BCUT2D eigenvalue weighted by molar-refractivity contribution is -0.145. The molecule has 12 nitrogen and oxygen atoms in total. The van der Waals surface area contributed by atoms with Crippen LogP contribution in [-0.4, -0.2) is 70.1 Å². The van der Waals surface area contributed by atoms with Crippen molar-refractivity contribution in [3.8, 4) is 0 Å². The number of carboxylic acid groups (broad SMARTS) is 1. The molecular weight excluding hydrogens is 410 g/mol. The molecule has 0 rings (SSSR count). The number of primary amides is 1. The number of carbonyl (C=O) groups is 5. The lowest BCUT2D eigenvalue weighted by atomic mass is 9.99. The van der Waals surface area contributed by atoms with Crippen molar-refractivity contribution in [3.63, 3.8) is 0 Å². The van der Waals surface area contributed by atoms with E-state index in [9.17, 15) is 29.1 Å². The molecule has 0 bridgehead atoms. The van der Waals surface area contributed by atoms with Gasteiger partial charge in [0, 0.05) is 0 Å². The minimum absolute atomic E-state index is 0.0126. The van der Waals surface area contributed by atoms with Crippen molar-refractivity contribution >= 4 is 29.6 Å². The van der Waals surface area contributed by atoms with Gasteiger partial charge in [-0.2, -0.15) is 0 Å². The Hall–Kier alpha value is -2.73. The van der Waals surface area contributed by atoms with Crippen LogP contribution in [0.25, 0.3) is 0 Å². The van der Waals surface area contributed by atoms with Gasteiger partial charge in [0.1, 0.15) is 12.1 Å². The molecule has 4 amide bonds. The number of rotatable bonds is 13. The third kappa shape index (κ3) is 10.2. The molecule has 5 atom stereocenters. The topological polar surface area (TPSA) is 214 Å². The molecule has 0 saturated heterocycles. The van der Waals surface area contributed by atoms with Crippen LogP contribution >= 0.6 is 0 Å². The van der Waals surface area contributed by atoms with E-state index in [1.165, 1.54) is 6.92 Å². The van der Waals surface area contributed by atoms with E-state index in [0.29, 0.717) is 0 Å². The summed E-state index contributed by atoms with van der Waals surface area (Å²) in [4.78, 5) is 59.8. The third-order valence-corrected chi connectivity index (χ3v) is 4.39. The lowest BCUT2D eigenvalue weighted by Gasteiger charge is -2.28. The molecule has 0 aromatic carbocycles. The van der Waals surface area contributed by atoms with Crippen LogP contribution in [0.3, 0.4) is 0 Å². The Kier molecular flexibility index (Phi) is 11.7. The second-order valence-corrected chi connectivity index (χ2v) is 8.26. The van der Waals surface area contributed by atoms with Crippen LogP contribution in [0.5, 0.6) is 0 Å². The highest BCUT2D eigenvalue weighted by Crippen LogP contribution is 2.09. The zero-order valence-corrected chi connectivity index (χ0v) is 18.5. The van der Waals surface area contributed by atoms with E-state index in [-0.39, 0.29) is 12.3 Å². The van der Waals surface area contributed by atoms with Crippen LogP contribution in [-0.2, 0) is 24.0 Å². The predicted molar refractivity (Wildman–Crippen MR) is 111 cm³/mol. The van der Waals surface area contributed by atoms with Crippen molar-refractivity contribution in [2.45, 2.75) is 77.7 Å². The molecule has 0 aliphatic carbocycles. The summed E-state index contributed by atoms with van der Waals surface area (Å²) in [6.07, 6.45) is -1.53. The maximum atomic E-state index is 12.8. The number of amides is 4. The molecule has 0 saturated carbocycles. The van der Waals surface area contributed by atoms with E-state index in [0.717, 1.165) is 0 Å². The van der Waals surface area contributed by atoms with E-state index in [1.807, 2.05) is 13.8 Å². The Bertz CT molecular complexity index is 666. The molecule has 0 heterocycles. The van der Waals surface area contributed by atoms with Crippen molar-refractivity contribution in [2.75, 3.05) is 0 Å². The molecule has 178 valence electrons. The zero-order valence-electron chi connectivity index (χ0n) is 18.5. The van der Waals surface area contributed by atoms with Gasteiger partial charge in [0.05, 0.1) is 18.6 Å². The van der Waals surface area contributed by atoms with Crippen molar-refractivity contribution in [2.24, 2.45) is 23.3 Å². The summed E-state index contributed by atoms with van der Waals surface area (Å²) < 4.78 is 0. The standard InChI is InChI=1S/C19H35N5O7/c1-8(2)6-12(22-16(27)11(20)7-13(21)26)17(28)23-14(9(3)4)18(29)24-15(10(5)25)19(30)31/h8-12,14-15,25H,6-7,20H2,1-5H3,(H2,21,26)(H,22,27)(H,23,28)(H,24,29)(H,30,31). The number of aliphatic hydroxyl groups is 1. The number of aliphatic hydroxyl groups excluding tert-OH is 1. The fraction of sp³-hybridized carbons (Fsp3) is 0.737. The van der Waals surface area contributed by atoms with Crippen LogP contribution in [0.15, 0.2) is 0 Å². The van der Waals surface area contributed by atoms with E-state index in [1.54, 1.807) is 13.8 Å². The highest BCUT2D eigenvalue weighted by Gasteiger charge is 2.33. The Labute approximate surface area is 181 Å². The second-order valence-electron chi connectivity index (χ2n) is 8.26. The van der Waals surface area contributed by atoms with Crippen molar-refractivity contribution in [1.82, 2.24) is 16.0 Å². The molecule has 9 N–H and O–H groups in total. The first kappa shape index (κ1) is 28.3. The molecule has 5 unspecified atom stereocenters. The molecule has 12 heteroatoms. The van der Waals surface area contributed by atoms with Crippen LogP contribution in [0.2, 0.25) is 0 Å². The second kappa shape index (κ2) is 12.8. The summed E-state index contributed by atoms with van der Waals surface area (Å²) in [5, 5.41) is 25.9. The molecule has 0 aromatic heterocycles. The smallest absolute Gasteiger partial charge is 0.328 e. The quantitative estimate of drug-likeness (QED) is 0.165. The summed E-state index contributed by atoms with van der Waals surface area (Å²) in [5.74, 6) is -4.85. The maximum absolute atomic E-state index is 12.8. The number of hydrogen-bond acceptors (Lipinski definition) is 7. The molecule has 0 aliphatic rings. The molecule has 0 aromatic rings. The van der Waals surface area contributed by atoms with Crippen molar-refractivity contribution in [1.29, 1.82) is 0 Å². The van der Waals surface area contributed by atoms with E-state index in [4.69, 9.17) is 16.6 Å². The van der Waals surface area contributed by atoms with Crippen LogP contribution in [0.1, 0.15) is 47.5 Å². The monoisotopic (exact) mass is 445 g/mol. The molecular formula is C19H35N5O7. The summed E-state index contributed by atoms with van der Waals surface area (Å²) in [6, 6.07) is -4.96. The summed E-state index contributed by atoms with van der Waals surface area (Å²) in [5.41, 5.74) is 10.7. The third-order valence-electron chi connectivity index (χ3n) is 4.39. The van der Waals surface area contributed by atoms with Gasteiger partial charge >= 0.3 is 5.97 Å². The first-order valence-corrected chi connectivity index (χ1v) is 10.0. The van der Waals surface area contributed by atoms with Crippen molar-refractivity contribution < 1.29 is 34.2 Å². The maximum Gasteiger partial charge on any atom is 0.328 e. The van der Waals surface area contributed by atoms with E-state index >= 15 is 0 Å². The Morgan fingerprint density at radius 2 is 1.35 bits per heavy atom.